The zero-order valence-corrected chi connectivity index (χ0v) is 77.1. The maximum absolute atomic E-state index is 15.9. The second-order valence-electron chi connectivity index (χ2n) is 37.4. The van der Waals surface area contributed by atoms with Crippen molar-refractivity contribution in [2.75, 3.05) is 69.3 Å². The van der Waals surface area contributed by atoms with E-state index in [1.54, 1.807) is 73.6 Å². The SMILES string of the molecule is CC=CC[C@@H](C)[C@@H](OC(=O)OCOC(=O)CCC(=O)OCC(=O)[C@@]1(O)CCC2C3CCC4=CC(=O)C=C[C@]4(C)C3[C@@H](O)C[C@@]21C)C1C(=O)NC(CC)C(=O)N(C)CC(=O)N(C)[C@@H](CC(C)C)C(=O)NC(C(C)C)C(=O)N(C)C(CC(C)C)C(=O)NC(C)C(=O)NC(C)C(=O)N(C)C(CC(C)C)C(=O)N(C)C(CC(C)C)C(=O)N(C)C(C(C)C)C(=O)N1C. The van der Waals surface area contributed by atoms with E-state index in [0.29, 0.717) is 19.3 Å². The van der Waals surface area contributed by atoms with Gasteiger partial charge in [0.2, 0.25) is 77.6 Å². The van der Waals surface area contributed by atoms with Gasteiger partial charge in [-0.3, -0.25) is 71.9 Å². The topological polar surface area (TPSA) is 421 Å². The Kier molecular flexibility index (Phi) is 37.7. The zero-order chi connectivity index (χ0) is 92.6. The smallest absolute Gasteiger partial charge is 0.458 e. The van der Waals surface area contributed by atoms with E-state index in [1.165, 1.54) is 84.0 Å². The van der Waals surface area contributed by atoms with Gasteiger partial charge in [0.05, 0.1) is 25.5 Å². The fourth-order valence-corrected chi connectivity index (χ4v) is 18.5. The van der Waals surface area contributed by atoms with Crippen molar-refractivity contribution in [3.63, 3.8) is 0 Å². The number of Topliss-reactive ketones (excluding diaryl/α,β-unsaturated/α-hetero) is 1. The van der Waals surface area contributed by atoms with Crippen molar-refractivity contribution in [3.05, 3.63) is 36.0 Å². The molecular weight excluding hydrogens is 1580 g/mol. The fourth-order valence-electron chi connectivity index (χ4n) is 18.5. The molecular formula is C89H143N11O22. The van der Waals surface area contributed by atoms with Crippen LogP contribution in [0.3, 0.4) is 0 Å². The van der Waals surface area contributed by atoms with Crippen molar-refractivity contribution in [1.29, 1.82) is 0 Å². The summed E-state index contributed by atoms with van der Waals surface area (Å²) in [6.45, 7) is 30.1. The number of nitrogens with zero attached hydrogens (tertiary/aromatic N) is 7. The lowest BCUT2D eigenvalue weighted by Crippen LogP contribution is -2.64. The first-order valence-electron chi connectivity index (χ1n) is 43.4. The van der Waals surface area contributed by atoms with Crippen molar-refractivity contribution in [2.45, 2.75) is 293 Å². The van der Waals surface area contributed by atoms with Gasteiger partial charge in [-0.15, -0.1) is 0 Å². The van der Waals surface area contributed by atoms with Crippen molar-refractivity contribution in [3.8, 4) is 0 Å². The molecule has 0 spiro atoms. The van der Waals surface area contributed by atoms with Gasteiger partial charge in [-0.1, -0.05) is 135 Å². The van der Waals surface area contributed by atoms with E-state index < -0.39 is 228 Å². The van der Waals surface area contributed by atoms with Gasteiger partial charge < -0.3 is 84.7 Å². The van der Waals surface area contributed by atoms with Crippen LogP contribution in [0.1, 0.15) is 215 Å². The Bertz CT molecular complexity index is 3890. The number of aliphatic hydroxyl groups excluding tert-OH is 1. The van der Waals surface area contributed by atoms with Crippen LogP contribution in [0.15, 0.2) is 36.0 Å². The number of hydrogen-bond acceptors (Lipinski definition) is 22. The average molecular weight is 1720 g/mol. The molecule has 4 aliphatic carbocycles. The van der Waals surface area contributed by atoms with Crippen LogP contribution in [0.5, 0.6) is 0 Å². The normalized spacial score (nSPS) is 30.4. The summed E-state index contributed by atoms with van der Waals surface area (Å²) >= 11 is 0. The number of amides is 11. The molecule has 122 heavy (non-hydrogen) atoms. The third kappa shape index (κ3) is 24.9. The molecule has 33 nitrogen and oxygen atoms in total. The minimum atomic E-state index is -1.97. The Morgan fingerprint density at radius 2 is 1.08 bits per heavy atom. The van der Waals surface area contributed by atoms with E-state index >= 15 is 19.2 Å². The second kappa shape index (κ2) is 44.5. The van der Waals surface area contributed by atoms with Gasteiger partial charge in [-0.2, -0.15) is 0 Å². The summed E-state index contributed by atoms with van der Waals surface area (Å²) in [5.74, 6) is -15.3. The number of aliphatic hydroxyl groups is 2. The van der Waals surface area contributed by atoms with Gasteiger partial charge in [-0.25, -0.2) is 4.79 Å². The molecule has 0 aromatic rings. The van der Waals surface area contributed by atoms with Crippen molar-refractivity contribution in [1.82, 2.24) is 55.6 Å². The largest absolute Gasteiger partial charge is 0.511 e. The molecule has 6 N–H and O–H groups in total. The predicted octanol–water partition coefficient (Wildman–Crippen LogP) is 5.83. The quantitative estimate of drug-likeness (QED) is 0.0286. The monoisotopic (exact) mass is 1720 g/mol. The molecule has 0 bridgehead atoms. The lowest BCUT2D eigenvalue weighted by Gasteiger charge is -2.59. The number of esters is 2. The molecule has 5 rings (SSSR count). The van der Waals surface area contributed by atoms with Gasteiger partial charge >= 0.3 is 18.1 Å². The van der Waals surface area contributed by atoms with E-state index in [-0.39, 0.29) is 98.6 Å². The Balaban J connectivity index is 1.51. The zero-order valence-electron chi connectivity index (χ0n) is 77.1. The predicted molar refractivity (Wildman–Crippen MR) is 453 cm³/mol. The van der Waals surface area contributed by atoms with Crippen molar-refractivity contribution in [2.24, 2.45) is 70.0 Å². The first-order chi connectivity index (χ1) is 56.7. The van der Waals surface area contributed by atoms with E-state index in [2.05, 4.69) is 21.3 Å². The van der Waals surface area contributed by atoms with Crippen LogP contribution < -0.4 is 21.3 Å². The number of fused-ring (bicyclic) bond motifs is 5. The maximum atomic E-state index is 15.9. The van der Waals surface area contributed by atoms with Gasteiger partial charge in [0.15, 0.2) is 12.4 Å². The third-order valence-corrected chi connectivity index (χ3v) is 25.7. The van der Waals surface area contributed by atoms with Crippen LogP contribution in [0.2, 0.25) is 0 Å². The Hall–Kier alpha value is -9.14. The summed E-state index contributed by atoms with van der Waals surface area (Å²) in [6, 6.07) is -13.7. The molecule has 0 aromatic carbocycles. The minimum Gasteiger partial charge on any atom is -0.458 e. The summed E-state index contributed by atoms with van der Waals surface area (Å²) in [5.41, 5.74) is -2.69. The fraction of sp³-hybridized carbons (Fsp3) is 0.753. The first-order valence-corrected chi connectivity index (χ1v) is 43.4. The number of rotatable bonds is 24. The highest BCUT2D eigenvalue weighted by Gasteiger charge is 2.68. The summed E-state index contributed by atoms with van der Waals surface area (Å²) < 4.78 is 21.9. The van der Waals surface area contributed by atoms with Crippen LogP contribution in [-0.4, -0.2) is 287 Å². The molecule has 686 valence electrons. The highest BCUT2D eigenvalue weighted by Crippen LogP contribution is 2.67. The lowest BCUT2D eigenvalue weighted by atomic mass is 9.46. The summed E-state index contributed by atoms with van der Waals surface area (Å²) in [7, 11) is 9.45. The molecule has 5 aliphatic rings. The van der Waals surface area contributed by atoms with Crippen molar-refractivity contribution >= 4 is 94.6 Å². The van der Waals surface area contributed by atoms with E-state index in [4.69, 9.17) is 18.9 Å². The Morgan fingerprint density at radius 3 is 1.62 bits per heavy atom. The van der Waals surface area contributed by atoms with Gasteiger partial charge in [0.1, 0.15) is 72.1 Å². The molecule has 12 unspecified atom stereocenters. The van der Waals surface area contributed by atoms with Gasteiger partial charge in [0.25, 0.3) is 0 Å². The second-order valence-corrected chi connectivity index (χ2v) is 37.4. The van der Waals surface area contributed by atoms with Crippen LogP contribution in [-0.2, 0) is 90.9 Å². The minimum absolute atomic E-state index is 0.0279. The van der Waals surface area contributed by atoms with Crippen molar-refractivity contribution < 1.29 is 106 Å². The van der Waals surface area contributed by atoms with Gasteiger partial charge in [0, 0.05) is 66.1 Å². The maximum Gasteiger partial charge on any atom is 0.511 e. The number of carbonyl (C=O) groups is 16. The summed E-state index contributed by atoms with van der Waals surface area (Å²) in [6.07, 6.45) is 4.98. The van der Waals surface area contributed by atoms with Crippen LogP contribution in [0, 0.1) is 70.0 Å². The Morgan fingerprint density at radius 1 is 0.574 bits per heavy atom. The first kappa shape index (κ1) is 103. The third-order valence-electron chi connectivity index (χ3n) is 25.7. The molecule has 33 heteroatoms. The van der Waals surface area contributed by atoms with E-state index in [9.17, 15) is 67.7 Å². The molecule has 0 aromatic heterocycles. The van der Waals surface area contributed by atoms with Crippen LogP contribution >= 0.6 is 0 Å². The lowest BCUT2D eigenvalue weighted by molar-refractivity contribution is -0.181. The Labute approximate surface area is 721 Å². The molecule has 3 saturated carbocycles. The van der Waals surface area contributed by atoms with E-state index in [1.807, 2.05) is 68.4 Å². The molecule has 19 atom stereocenters. The molecule has 4 fully saturated rings. The van der Waals surface area contributed by atoms with Crippen LogP contribution in [0.25, 0.3) is 0 Å². The molecule has 1 aliphatic heterocycles. The number of nitrogens with one attached hydrogen (secondary N) is 4. The number of carbonyl (C=O) groups excluding carboxylic acids is 16. The number of ketones is 2. The standard InChI is InChI=1S/C89H143N11O22/c1-27-29-30-54(15)75(122-86(117)121-47-120-70(106)34-33-69(105)119-46-67(103)89(118)38-36-60-59-32-31-57-43-58(101)35-37-87(57,18)71(59)66(102)44-88(60,89)19)74-79(110)92-61(28-2)81(112)94(20)45-68(104)95(21)62(39-48(3)4)78(109)93-72(52(11)12)84(115)96(22)63(40-49(5)6)77(108)90-55(16)76(107)91-56(17)80(111)97(23)64(41-50(7)8)82(113)98(24)65(42-51(9)10)83(114)99(25)73(53(13)14)85(116)100(74)26/h27,29,35,37,43,48-56,59-66,71-75,102,118H,28,30-34,36,38-42,44-47H2,1-26H3,(H,90,108)(H,91,107)(H,92,110)(H,93,109)/t54-,55?,56?,59?,60?,61?,62+,63?,64?,65?,66+,71?,72?,73?,74?,75-,87+,88+,89+/m1/s1. The molecule has 0 radical (unpaired) electrons. The molecule has 1 saturated heterocycles. The number of likely N-dealkylation sites (N-methyl/N-ethyl adjacent to an activating group) is 7. The number of ether oxygens (including phenoxy) is 4. The average Bonchev–Trinajstić information content (AvgIpc) is 1.49. The number of allylic oxidation sites excluding steroid dienone is 6. The van der Waals surface area contributed by atoms with E-state index in [0.717, 1.165) is 25.2 Å². The van der Waals surface area contributed by atoms with Gasteiger partial charge in [-0.05, 0) is 157 Å². The summed E-state index contributed by atoms with van der Waals surface area (Å²) in [5, 5.41) is 35.0. The summed E-state index contributed by atoms with van der Waals surface area (Å²) in [4.78, 5) is 240. The number of hydrogen-bond donors (Lipinski definition) is 6. The molecule has 11 amide bonds. The highest BCUT2D eigenvalue weighted by atomic mass is 16.8. The molecule has 1 heterocycles. The highest BCUT2D eigenvalue weighted by molar-refractivity contribution is 6.02. The van der Waals surface area contributed by atoms with Crippen LogP contribution in [0.4, 0.5) is 4.79 Å².